The monoisotopic (exact) mass is 643 g/mol. The van der Waals surface area contributed by atoms with Crippen LogP contribution < -0.4 is 9.62 Å². The van der Waals surface area contributed by atoms with Crippen molar-refractivity contribution < 1.29 is 18.0 Å². The van der Waals surface area contributed by atoms with Crippen LogP contribution >= 0.6 is 46.4 Å². The van der Waals surface area contributed by atoms with Crippen molar-refractivity contribution in [2.75, 3.05) is 17.4 Å². The van der Waals surface area contributed by atoms with Crippen LogP contribution in [0.5, 0.6) is 0 Å². The van der Waals surface area contributed by atoms with Crippen LogP contribution in [-0.4, -0.2) is 44.3 Å². The molecular formula is C28H29Cl4N3O4S. The summed E-state index contributed by atoms with van der Waals surface area (Å²) in [4.78, 5) is 28.5. The number of carbonyl (C=O) groups excluding carboxylic acids is 2. The van der Waals surface area contributed by atoms with Crippen molar-refractivity contribution in [3.8, 4) is 0 Å². The Kier molecular flexibility index (Phi) is 11.5. The first-order valence-electron chi connectivity index (χ1n) is 12.5. The van der Waals surface area contributed by atoms with E-state index in [0.717, 1.165) is 4.31 Å². The van der Waals surface area contributed by atoms with Crippen LogP contribution in [0.15, 0.2) is 71.6 Å². The van der Waals surface area contributed by atoms with Gasteiger partial charge in [0.2, 0.25) is 11.8 Å². The average Bonchev–Trinajstić information content (AvgIpc) is 2.93. The predicted octanol–water partition coefficient (Wildman–Crippen LogP) is 6.83. The number of amides is 2. The van der Waals surface area contributed by atoms with Crippen LogP contribution in [0.3, 0.4) is 0 Å². The van der Waals surface area contributed by atoms with Gasteiger partial charge in [-0.3, -0.25) is 13.9 Å². The number of rotatable bonds is 12. The van der Waals surface area contributed by atoms with E-state index in [-0.39, 0.29) is 39.5 Å². The van der Waals surface area contributed by atoms with E-state index in [1.807, 2.05) is 6.92 Å². The zero-order valence-electron chi connectivity index (χ0n) is 21.9. The number of hydrogen-bond donors (Lipinski definition) is 1. The minimum Gasteiger partial charge on any atom is -0.354 e. The fourth-order valence-electron chi connectivity index (χ4n) is 4.03. The Bertz CT molecular complexity index is 1460. The molecule has 0 aliphatic heterocycles. The Morgan fingerprint density at radius 3 is 2.15 bits per heavy atom. The fraction of sp³-hybridized carbons (Fsp3) is 0.286. The minimum atomic E-state index is -4.28. The van der Waals surface area contributed by atoms with E-state index in [1.54, 1.807) is 37.3 Å². The average molecular weight is 645 g/mol. The number of anilines is 1. The van der Waals surface area contributed by atoms with Crippen LogP contribution in [-0.2, 0) is 26.2 Å². The smallest absolute Gasteiger partial charge is 0.264 e. The molecule has 3 rings (SSSR count). The summed E-state index contributed by atoms with van der Waals surface area (Å²) in [6, 6.07) is 15.9. The highest BCUT2D eigenvalue weighted by molar-refractivity contribution is 7.92. The van der Waals surface area contributed by atoms with Crippen molar-refractivity contribution >= 4 is 73.9 Å². The molecule has 0 saturated carbocycles. The maximum atomic E-state index is 14.1. The van der Waals surface area contributed by atoms with Crippen LogP contribution in [0.4, 0.5) is 5.69 Å². The summed E-state index contributed by atoms with van der Waals surface area (Å²) in [6.07, 6.45) is 0.978. The molecule has 1 N–H and O–H groups in total. The number of halogens is 4. The summed E-state index contributed by atoms with van der Waals surface area (Å²) in [6.45, 7) is 3.39. The summed E-state index contributed by atoms with van der Waals surface area (Å²) < 4.78 is 28.6. The summed E-state index contributed by atoms with van der Waals surface area (Å²) in [5.41, 5.74) is 0.568. The molecule has 0 aromatic heterocycles. The largest absolute Gasteiger partial charge is 0.354 e. The van der Waals surface area contributed by atoms with Gasteiger partial charge in [-0.1, -0.05) is 84.5 Å². The second kappa shape index (κ2) is 14.4. The number of nitrogens with one attached hydrogen (secondary N) is 1. The summed E-state index contributed by atoms with van der Waals surface area (Å²) in [5.74, 6) is -0.999. The summed E-state index contributed by atoms with van der Waals surface area (Å²) in [7, 11) is -4.28. The van der Waals surface area contributed by atoms with Crippen molar-refractivity contribution in [3.63, 3.8) is 0 Å². The first kappa shape index (κ1) is 32.0. The van der Waals surface area contributed by atoms with Gasteiger partial charge in [-0.25, -0.2) is 8.42 Å². The molecule has 0 unspecified atom stereocenters. The Hall–Kier alpha value is -2.49. The number of sulfonamides is 1. The molecule has 3 aromatic rings. The fourth-order valence-corrected chi connectivity index (χ4v) is 6.38. The minimum absolute atomic E-state index is 0.0272. The van der Waals surface area contributed by atoms with Crippen molar-refractivity contribution in [2.45, 2.75) is 44.2 Å². The molecule has 12 heteroatoms. The molecular weight excluding hydrogens is 616 g/mol. The molecule has 0 saturated heterocycles. The van der Waals surface area contributed by atoms with Crippen molar-refractivity contribution in [2.24, 2.45) is 0 Å². The normalized spacial score (nSPS) is 12.1. The molecule has 0 aliphatic rings. The first-order chi connectivity index (χ1) is 19.0. The van der Waals surface area contributed by atoms with Gasteiger partial charge in [0, 0.05) is 28.2 Å². The van der Waals surface area contributed by atoms with Crippen LogP contribution in [0, 0.1) is 0 Å². The van der Waals surface area contributed by atoms with Crippen molar-refractivity contribution in [1.82, 2.24) is 10.2 Å². The lowest BCUT2D eigenvalue weighted by Gasteiger charge is -2.33. The molecule has 0 heterocycles. The predicted molar refractivity (Wildman–Crippen MR) is 162 cm³/mol. The summed E-state index contributed by atoms with van der Waals surface area (Å²) >= 11 is 25.1. The van der Waals surface area contributed by atoms with Crippen molar-refractivity contribution in [1.29, 1.82) is 0 Å². The lowest BCUT2D eigenvalue weighted by Crippen LogP contribution is -2.52. The molecule has 40 heavy (non-hydrogen) atoms. The van der Waals surface area contributed by atoms with E-state index in [1.165, 1.54) is 41.3 Å². The first-order valence-corrected chi connectivity index (χ1v) is 15.5. The molecule has 3 aromatic carbocycles. The van der Waals surface area contributed by atoms with Gasteiger partial charge in [0.05, 0.1) is 15.6 Å². The van der Waals surface area contributed by atoms with Gasteiger partial charge in [0.1, 0.15) is 12.6 Å². The van der Waals surface area contributed by atoms with Gasteiger partial charge in [0.15, 0.2) is 0 Å². The Morgan fingerprint density at radius 2 is 1.52 bits per heavy atom. The maximum Gasteiger partial charge on any atom is 0.264 e. The Labute approximate surface area is 255 Å². The van der Waals surface area contributed by atoms with E-state index in [0.29, 0.717) is 28.6 Å². The van der Waals surface area contributed by atoms with Gasteiger partial charge in [-0.2, -0.15) is 0 Å². The molecule has 7 nitrogen and oxygen atoms in total. The second-order valence-corrected chi connectivity index (χ2v) is 12.4. The van der Waals surface area contributed by atoms with Gasteiger partial charge in [-0.15, -0.1) is 0 Å². The SMILES string of the molecule is CCCNC(=O)[C@@H](CC)N(Cc1ccc(Cl)cc1Cl)C(=O)CN(c1cc(Cl)ccc1Cl)S(=O)(=O)c1ccccc1. The highest BCUT2D eigenvalue weighted by Crippen LogP contribution is 2.33. The Balaban J connectivity index is 2.10. The molecule has 214 valence electrons. The quantitative estimate of drug-likeness (QED) is 0.234. The topological polar surface area (TPSA) is 86.8 Å². The number of nitrogens with zero attached hydrogens (tertiary/aromatic N) is 2. The van der Waals surface area contributed by atoms with E-state index in [4.69, 9.17) is 46.4 Å². The van der Waals surface area contributed by atoms with Crippen LogP contribution in [0.25, 0.3) is 0 Å². The van der Waals surface area contributed by atoms with Crippen molar-refractivity contribution in [3.05, 3.63) is 92.4 Å². The van der Waals surface area contributed by atoms with Gasteiger partial charge < -0.3 is 10.2 Å². The lowest BCUT2D eigenvalue weighted by atomic mass is 10.1. The molecule has 1 atom stereocenters. The van der Waals surface area contributed by atoms with E-state index in [9.17, 15) is 18.0 Å². The van der Waals surface area contributed by atoms with Gasteiger partial charge >= 0.3 is 0 Å². The van der Waals surface area contributed by atoms with Crippen LogP contribution in [0.2, 0.25) is 20.1 Å². The zero-order valence-corrected chi connectivity index (χ0v) is 25.8. The maximum absolute atomic E-state index is 14.1. The van der Waals surface area contributed by atoms with E-state index < -0.39 is 28.5 Å². The molecule has 0 spiro atoms. The van der Waals surface area contributed by atoms with Gasteiger partial charge in [0.25, 0.3) is 10.0 Å². The Morgan fingerprint density at radius 1 is 0.875 bits per heavy atom. The summed E-state index contributed by atoms with van der Waals surface area (Å²) in [5, 5.41) is 3.86. The third-order valence-electron chi connectivity index (χ3n) is 6.08. The highest BCUT2D eigenvalue weighted by Gasteiger charge is 2.34. The molecule has 0 bridgehead atoms. The molecule has 0 fully saturated rings. The van der Waals surface area contributed by atoms with Gasteiger partial charge in [-0.05, 0) is 60.9 Å². The van der Waals surface area contributed by atoms with Crippen LogP contribution in [0.1, 0.15) is 32.3 Å². The highest BCUT2D eigenvalue weighted by atomic mass is 35.5. The second-order valence-electron chi connectivity index (χ2n) is 8.89. The molecule has 0 aliphatic carbocycles. The van der Waals surface area contributed by atoms with E-state index >= 15 is 0 Å². The number of benzene rings is 3. The third kappa shape index (κ3) is 7.83. The third-order valence-corrected chi connectivity index (χ3v) is 8.99. The lowest BCUT2D eigenvalue weighted by molar-refractivity contribution is -0.140. The molecule has 2 amide bonds. The number of hydrogen-bond acceptors (Lipinski definition) is 4. The standard InChI is InChI=1S/C28H29Cl4N3O4S/c1-3-14-33-28(37)25(4-2)34(17-19-10-11-20(29)15-24(19)32)27(36)18-35(26-16-21(30)12-13-23(26)31)40(38,39)22-8-6-5-7-9-22/h5-13,15-16,25H,3-4,14,17-18H2,1-2H3,(H,33,37)/t25-/m1/s1. The zero-order chi connectivity index (χ0) is 29.4. The molecule has 0 radical (unpaired) electrons. The van der Waals surface area contributed by atoms with E-state index in [2.05, 4.69) is 5.32 Å². The number of carbonyl (C=O) groups is 2.